The molecule has 0 amide bonds. The Kier molecular flexibility index (Phi) is 7.33. The number of likely N-dealkylation sites (N-methyl/N-ethyl adjacent to an activating group) is 1. The van der Waals surface area contributed by atoms with Crippen LogP contribution in [-0.2, 0) is 0 Å². The number of nitrogens with one attached hydrogen (secondary N) is 2. The summed E-state index contributed by atoms with van der Waals surface area (Å²) in [6.45, 7) is 12.8. The van der Waals surface area contributed by atoms with Crippen LogP contribution in [0.1, 0.15) is 19.4 Å². The summed E-state index contributed by atoms with van der Waals surface area (Å²) in [5.74, 6) is -0.218. The van der Waals surface area contributed by atoms with Crippen LogP contribution in [0, 0.1) is 5.82 Å². The van der Waals surface area contributed by atoms with Crippen molar-refractivity contribution in [3.63, 3.8) is 0 Å². The molecule has 1 fully saturated rings. The Hall–Kier alpha value is -1.99. The van der Waals surface area contributed by atoms with Crippen LogP contribution in [0.4, 0.5) is 10.1 Å². The van der Waals surface area contributed by atoms with E-state index in [0.717, 1.165) is 38.3 Å². The Morgan fingerprint density at radius 1 is 1.36 bits per heavy atom. The highest BCUT2D eigenvalue weighted by Crippen LogP contribution is 2.22. The second kappa shape index (κ2) is 9.48. The van der Waals surface area contributed by atoms with Crippen molar-refractivity contribution in [3.05, 3.63) is 42.2 Å². The van der Waals surface area contributed by atoms with Crippen molar-refractivity contribution < 1.29 is 4.39 Å². The summed E-state index contributed by atoms with van der Waals surface area (Å²) in [7, 11) is 0. The smallest absolute Gasteiger partial charge is 0.187 e. The summed E-state index contributed by atoms with van der Waals surface area (Å²) < 4.78 is 14.6. The molecule has 1 aliphatic heterocycles. The fourth-order valence-electron chi connectivity index (χ4n) is 2.70. The standard InChI is InChI=1S/C18H26FN5S/c1-4-8-20-18(25)22-21-14(3)15-6-7-17(16(19)13-15)24-11-9-23(5-2)10-12-24/h4,6-7,13H,1,5,8-12H2,2-3H3,(H2,20,22,25)/b21-14-. The molecule has 0 atom stereocenters. The third-order valence-electron chi connectivity index (χ3n) is 4.26. The summed E-state index contributed by atoms with van der Waals surface area (Å²) in [5.41, 5.74) is 4.80. The molecule has 1 heterocycles. The summed E-state index contributed by atoms with van der Waals surface area (Å²) in [6, 6.07) is 5.26. The molecule has 0 radical (unpaired) electrons. The van der Waals surface area contributed by atoms with Crippen LogP contribution >= 0.6 is 12.2 Å². The maximum Gasteiger partial charge on any atom is 0.187 e. The molecule has 1 aromatic carbocycles. The molecule has 2 rings (SSSR count). The van der Waals surface area contributed by atoms with Crippen LogP contribution in [0.3, 0.4) is 0 Å². The van der Waals surface area contributed by atoms with E-state index in [1.54, 1.807) is 6.08 Å². The Balaban J connectivity index is 2.01. The lowest BCUT2D eigenvalue weighted by molar-refractivity contribution is 0.270. The second-order valence-electron chi connectivity index (χ2n) is 5.90. The monoisotopic (exact) mass is 363 g/mol. The number of rotatable bonds is 6. The number of anilines is 1. The van der Waals surface area contributed by atoms with Crippen molar-refractivity contribution in [1.82, 2.24) is 15.6 Å². The fourth-order valence-corrected chi connectivity index (χ4v) is 2.83. The maximum absolute atomic E-state index is 14.6. The zero-order valence-corrected chi connectivity index (χ0v) is 15.7. The quantitative estimate of drug-likeness (QED) is 0.351. The third-order valence-corrected chi connectivity index (χ3v) is 4.49. The number of hydrazone groups is 1. The van der Waals surface area contributed by atoms with Crippen LogP contribution in [-0.4, -0.2) is 55.0 Å². The molecule has 25 heavy (non-hydrogen) atoms. The SMILES string of the molecule is C=CCNC(=S)N/N=C(/C)c1ccc(N2CCN(CC)CC2)c(F)c1. The molecule has 1 aliphatic rings. The topological polar surface area (TPSA) is 42.9 Å². The number of hydrogen-bond donors (Lipinski definition) is 2. The van der Waals surface area contributed by atoms with Gasteiger partial charge in [0.15, 0.2) is 5.11 Å². The van der Waals surface area contributed by atoms with Crippen LogP contribution < -0.4 is 15.6 Å². The molecule has 7 heteroatoms. The number of benzene rings is 1. The zero-order chi connectivity index (χ0) is 18.2. The van der Waals surface area contributed by atoms with Gasteiger partial charge in [-0.15, -0.1) is 6.58 Å². The van der Waals surface area contributed by atoms with E-state index in [-0.39, 0.29) is 5.82 Å². The molecule has 0 spiro atoms. The number of nitrogens with zero attached hydrogens (tertiary/aromatic N) is 3. The highest BCUT2D eigenvalue weighted by atomic mass is 32.1. The van der Waals surface area contributed by atoms with Gasteiger partial charge in [-0.25, -0.2) is 4.39 Å². The lowest BCUT2D eigenvalue weighted by Crippen LogP contribution is -2.46. The molecule has 136 valence electrons. The average Bonchev–Trinajstić information content (AvgIpc) is 2.64. The van der Waals surface area contributed by atoms with Gasteiger partial charge < -0.3 is 15.1 Å². The first kappa shape index (κ1) is 19.3. The van der Waals surface area contributed by atoms with E-state index in [1.165, 1.54) is 6.07 Å². The van der Waals surface area contributed by atoms with Gasteiger partial charge in [0.05, 0.1) is 11.4 Å². The Bertz CT molecular complexity index is 638. The molecule has 0 aromatic heterocycles. The van der Waals surface area contributed by atoms with E-state index in [4.69, 9.17) is 12.2 Å². The lowest BCUT2D eigenvalue weighted by Gasteiger charge is -2.35. The number of piperazine rings is 1. The van der Waals surface area contributed by atoms with Gasteiger partial charge >= 0.3 is 0 Å². The minimum absolute atomic E-state index is 0.218. The minimum Gasteiger partial charge on any atom is -0.367 e. The largest absolute Gasteiger partial charge is 0.367 e. The zero-order valence-electron chi connectivity index (χ0n) is 14.9. The lowest BCUT2D eigenvalue weighted by atomic mass is 10.1. The molecule has 1 aromatic rings. The molecule has 0 unspecified atom stereocenters. The van der Waals surface area contributed by atoms with Crippen molar-refractivity contribution in [1.29, 1.82) is 0 Å². The first-order valence-corrected chi connectivity index (χ1v) is 8.92. The second-order valence-corrected chi connectivity index (χ2v) is 6.30. The van der Waals surface area contributed by atoms with E-state index >= 15 is 0 Å². The Morgan fingerprint density at radius 3 is 2.68 bits per heavy atom. The Labute approximate surface area is 154 Å². The highest BCUT2D eigenvalue weighted by molar-refractivity contribution is 7.80. The van der Waals surface area contributed by atoms with E-state index in [1.807, 2.05) is 19.1 Å². The first-order chi connectivity index (χ1) is 12.0. The van der Waals surface area contributed by atoms with Gasteiger partial charge in [-0.2, -0.15) is 5.10 Å². The summed E-state index contributed by atoms with van der Waals surface area (Å²) in [5, 5.41) is 7.52. The van der Waals surface area contributed by atoms with Crippen molar-refractivity contribution in [2.75, 3.05) is 44.2 Å². The maximum atomic E-state index is 14.6. The molecule has 0 bridgehead atoms. The van der Waals surface area contributed by atoms with Crippen LogP contribution in [0.5, 0.6) is 0 Å². The van der Waals surface area contributed by atoms with Crippen molar-refractivity contribution in [2.45, 2.75) is 13.8 Å². The van der Waals surface area contributed by atoms with Crippen molar-refractivity contribution >= 4 is 28.7 Å². The molecule has 0 aliphatic carbocycles. The van der Waals surface area contributed by atoms with Gasteiger partial charge in [0.2, 0.25) is 0 Å². The van der Waals surface area contributed by atoms with Crippen LogP contribution in [0.15, 0.2) is 36.0 Å². The first-order valence-electron chi connectivity index (χ1n) is 8.51. The molecule has 2 N–H and O–H groups in total. The Morgan fingerprint density at radius 2 is 2.08 bits per heavy atom. The van der Waals surface area contributed by atoms with Crippen LogP contribution in [0.25, 0.3) is 0 Å². The number of hydrogen-bond acceptors (Lipinski definition) is 4. The van der Waals surface area contributed by atoms with E-state index < -0.39 is 0 Å². The summed E-state index contributed by atoms with van der Waals surface area (Å²) in [4.78, 5) is 4.47. The number of thiocarbonyl (C=S) groups is 1. The normalized spacial score (nSPS) is 15.8. The van der Waals surface area contributed by atoms with Crippen LogP contribution in [0.2, 0.25) is 0 Å². The van der Waals surface area contributed by atoms with E-state index in [2.05, 4.69) is 39.1 Å². The summed E-state index contributed by atoms with van der Waals surface area (Å²) in [6.07, 6.45) is 1.71. The number of halogens is 1. The van der Waals surface area contributed by atoms with Crippen molar-refractivity contribution in [3.8, 4) is 0 Å². The van der Waals surface area contributed by atoms with Gasteiger partial charge in [0.25, 0.3) is 0 Å². The molecule has 1 saturated heterocycles. The molecular formula is C18H26FN5S. The highest BCUT2D eigenvalue weighted by Gasteiger charge is 2.18. The third kappa shape index (κ3) is 5.51. The van der Waals surface area contributed by atoms with Gasteiger partial charge in [-0.05, 0) is 37.8 Å². The van der Waals surface area contributed by atoms with Gasteiger partial charge in [-0.3, -0.25) is 5.43 Å². The fraction of sp³-hybridized carbons (Fsp3) is 0.444. The van der Waals surface area contributed by atoms with Gasteiger partial charge in [-0.1, -0.05) is 19.1 Å². The van der Waals surface area contributed by atoms with Crippen molar-refractivity contribution in [2.24, 2.45) is 5.10 Å². The molecule has 5 nitrogen and oxygen atoms in total. The van der Waals surface area contributed by atoms with Gasteiger partial charge in [0.1, 0.15) is 5.82 Å². The van der Waals surface area contributed by atoms with E-state index in [0.29, 0.717) is 23.1 Å². The predicted octanol–water partition coefficient (Wildman–Crippen LogP) is 2.34. The predicted molar refractivity (Wildman–Crippen MR) is 107 cm³/mol. The van der Waals surface area contributed by atoms with Gasteiger partial charge in [0, 0.05) is 38.3 Å². The molecular weight excluding hydrogens is 337 g/mol. The average molecular weight is 364 g/mol. The summed E-state index contributed by atoms with van der Waals surface area (Å²) >= 11 is 5.08. The minimum atomic E-state index is -0.218. The molecule has 0 saturated carbocycles. The van der Waals surface area contributed by atoms with E-state index in [9.17, 15) is 4.39 Å².